The van der Waals surface area contributed by atoms with Crippen LogP contribution in [0.2, 0.25) is 0 Å². The lowest BCUT2D eigenvalue weighted by molar-refractivity contribution is -0.151. The van der Waals surface area contributed by atoms with Gasteiger partial charge in [-0.3, -0.25) is 9.59 Å². The van der Waals surface area contributed by atoms with Crippen LogP contribution in [0.1, 0.15) is 33.3 Å². The first-order valence-electron chi connectivity index (χ1n) is 6.65. The molecule has 21 heavy (non-hydrogen) atoms. The van der Waals surface area contributed by atoms with Gasteiger partial charge in [-0.2, -0.15) is 0 Å². The largest absolute Gasteiger partial charge is 0.481 e. The summed E-state index contributed by atoms with van der Waals surface area (Å²) in [5.41, 5.74) is 5.10. The summed E-state index contributed by atoms with van der Waals surface area (Å²) in [6.45, 7) is 6.54. The van der Waals surface area contributed by atoms with Gasteiger partial charge in [0.1, 0.15) is 0 Å². The fourth-order valence-electron chi connectivity index (χ4n) is 1.61. The van der Waals surface area contributed by atoms with E-state index in [0.717, 1.165) is 5.56 Å². The van der Waals surface area contributed by atoms with Crippen LogP contribution in [0, 0.1) is 5.41 Å². The number of amides is 1. The van der Waals surface area contributed by atoms with Crippen molar-refractivity contribution in [1.82, 2.24) is 5.32 Å². The average molecular weight is 290 g/mol. The van der Waals surface area contributed by atoms with Crippen molar-refractivity contribution in [2.24, 2.45) is 5.41 Å². The zero-order chi connectivity index (χ0) is 16.3. The van der Waals surface area contributed by atoms with Gasteiger partial charge in [-0.25, -0.2) is 0 Å². The number of aliphatic carboxylic acids is 1. The summed E-state index contributed by atoms with van der Waals surface area (Å²) < 4.78 is 0. The molecule has 0 fully saturated rings. The Hall–Kier alpha value is -2.30. The fraction of sp³-hybridized carbons (Fsp3) is 0.375. The molecule has 0 aromatic heterocycles. The number of carbonyl (C=O) groups excluding carboxylic acids is 1. The summed E-state index contributed by atoms with van der Waals surface area (Å²) in [7, 11) is 0. The van der Waals surface area contributed by atoms with Gasteiger partial charge >= 0.3 is 5.97 Å². The van der Waals surface area contributed by atoms with E-state index in [9.17, 15) is 14.7 Å². The van der Waals surface area contributed by atoms with Crippen LogP contribution in [-0.4, -0.2) is 22.5 Å². The third-order valence-corrected chi connectivity index (χ3v) is 3.87. The highest BCUT2D eigenvalue weighted by Crippen LogP contribution is 2.30. The molecule has 0 aliphatic heterocycles. The van der Waals surface area contributed by atoms with E-state index in [-0.39, 0.29) is 5.91 Å². The molecule has 0 saturated heterocycles. The molecule has 0 aliphatic carbocycles. The zero-order valence-electron chi connectivity index (χ0n) is 12.8. The summed E-state index contributed by atoms with van der Waals surface area (Å²) in [6.07, 6.45) is 3.00. The number of carboxylic acid groups (broad SMARTS) is 1. The van der Waals surface area contributed by atoms with Crippen LogP contribution in [0.3, 0.4) is 0 Å². The monoisotopic (exact) mass is 290 g/mol. The maximum absolute atomic E-state index is 12.0. The summed E-state index contributed by atoms with van der Waals surface area (Å²) in [4.78, 5) is 23.2. The molecule has 0 bridgehead atoms. The third kappa shape index (κ3) is 4.08. The van der Waals surface area contributed by atoms with E-state index < -0.39 is 16.9 Å². The summed E-state index contributed by atoms with van der Waals surface area (Å²) in [5.74, 6) is -1.32. The molecule has 5 nitrogen and oxygen atoms in total. The van der Waals surface area contributed by atoms with E-state index in [1.165, 1.54) is 6.08 Å². The third-order valence-electron chi connectivity index (χ3n) is 3.87. The van der Waals surface area contributed by atoms with Crippen LogP contribution >= 0.6 is 0 Å². The molecule has 0 radical (unpaired) electrons. The Bertz CT molecular complexity index is 575. The van der Waals surface area contributed by atoms with Crippen molar-refractivity contribution in [1.29, 1.82) is 0 Å². The molecule has 1 aromatic rings. The van der Waals surface area contributed by atoms with Gasteiger partial charge in [0, 0.05) is 11.8 Å². The normalized spacial score (nSPS) is 12.4. The van der Waals surface area contributed by atoms with E-state index in [0.29, 0.717) is 5.69 Å². The number of carbonyl (C=O) groups is 2. The molecule has 0 heterocycles. The maximum Gasteiger partial charge on any atom is 0.311 e. The zero-order valence-corrected chi connectivity index (χ0v) is 12.8. The molecular weight excluding hydrogens is 268 g/mol. The first-order valence-corrected chi connectivity index (χ1v) is 6.65. The smallest absolute Gasteiger partial charge is 0.311 e. The first-order chi connectivity index (χ1) is 9.56. The summed E-state index contributed by atoms with van der Waals surface area (Å²) in [5, 5.41) is 12.0. The van der Waals surface area contributed by atoms with Crippen molar-refractivity contribution in [3.05, 3.63) is 35.9 Å². The van der Waals surface area contributed by atoms with E-state index in [1.54, 1.807) is 52.0 Å². The quantitative estimate of drug-likeness (QED) is 0.573. The number of nitrogens with one attached hydrogen (secondary N) is 1. The van der Waals surface area contributed by atoms with Crippen molar-refractivity contribution in [2.45, 2.75) is 33.2 Å². The minimum atomic E-state index is -1.09. The summed E-state index contributed by atoms with van der Waals surface area (Å²) >= 11 is 0. The Morgan fingerprint density at radius 1 is 1.24 bits per heavy atom. The standard InChI is InChI=1S/C16H22N2O3/c1-15(2,14(20)21)16(3,4)18-13(19)9-8-11-6-5-7-12(17)10-11/h5-10H,17H2,1-4H3,(H,18,19)(H,20,21)/b9-8+. The van der Waals surface area contributed by atoms with Crippen molar-refractivity contribution in [2.75, 3.05) is 5.73 Å². The molecule has 114 valence electrons. The van der Waals surface area contributed by atoms with Crippen LogP contribution in [0.25, 0.3) is 6.08 Å². The van der Waals surface area contributed by atoms with Gasteiger partial charge in [-0.1, -0.05) is 12.1 Å². The predicted octanol–water partition coefficient (Wildman–Crippen LogP) is 2.29. The lowest BCUT2D eigenvalue weighted by Gasteiger charge is -2.38. The molecule has 1 amide bonds. The second-order valence-electron chi connectivity index (χ2n) is 6.05. The van der Waals surface area contributed by atoms with Gasteiger partial charge in [-0.15, -0.1) is 0 Å². The molecule has 5 heteroatoms. The lowest BCUT2D eigenvalue weighted by Crippen LogP contribution is -2.56. The van der Waals surface area contributed by atoms with E-state index in [4.69, 9.17) is 5.73 Å². The molecule has 0 atom stereocenters. The predicted molar refractivity (Wildman–Crippen MR) is 83.5 cm³/mol. The Balaban J connectivity index is 2.80. The molecule has 4 N–H and O–H groups in total. The van der Waals surface area contributed by atoms with Gasteiger partial charge in [0.05, 0.1) is 11.0 Å². The molecular formula is C16H22N2O3. The number of hydrogen-bond acceptors (Lipinski definition) is 3. The maximum atomic E-state index is 12.0. The minimum Gasteiger partial charge on any atom is -0.481 e. The molecule has 0 unspecified atom stereocenters. The number of anilines is 1. The number of benzene rings is 1. The topological polar surface area (TPSA) is 92.4 Å². The van der Waals surface area contributed by atoms with Crippen molar-refractivity contribution >= 4 is 23.6 Å². The number of hydrogen-bond donors (Lipinski definition) is 3. The van der Waals surface area contributed by atoms with Crippen molar-refractivity contribution in [3.63, 3.8) is 0 Å². The van der Waals surface area contributed by atoms with Gasteiger partial charge in [0.2, 0.25) is 5.91 Å². The first kappa shape index (κ1) is 16.8. The van der Waals surface area contributed by atoms with Crippen LogP contribution in [0.5, 0.6) is 0 Å². The minimum absolute atomic E-state index is 0.350. The van der Waals surface area contributed by atoms with Crippen molar-refractivity contribution in [3.8, 4) is 0 Å². The van der Waals surface area contributed by atoms with Crippen LogP contribution in [0.15, 0.2) is 30.3 Å². The number of rotatable bonds is 5. The second-order valence-corrected chi connectivity index (χ2v) is 6.05. The molecule has 1 rings (SSSR count). The van der Waals surface area contributed by atoms with Gasteiger partial charge in [-0.05, 0) is 51.5 Å². The fourth-order valence-corrected chi connectivity index (χ4v) is 1.61. The highest BCUT2D eigenvalue weighted by atomic mass is 16.4. The van der Waals surface area contributed by atoms with E-state index in [1.807, 2.05) is 6.07 Å². The highest BCUT2D eigenvalue weighted by Gasteiger charge is 2.44. The van der Waals surface area contributed by atoms with Gasteiger partial charge in [0.25, 0.3) is 0 Å². The molecule has 0 aliphatic rings. The van der Waals surface area contributed by atoms with E-state index >= 15 is 0 Å². The average Bonchev–Trinajstić information content (AvgIpc) is 2.35. The molecule has 0 spiro atoms. The second kappa shape index (κ2) is 5.99. The van der Waals surface area contributed by atoms with Crippen LogP contribution in [0.4, 0.5) is 5.69 Å². The summed E-state index contributed by atoms with van der Waals surface area (Å²) in [6, 6.07) is 7.13. The van der Waals surface area contributed by atoms with Crippen LogP contribution in [-0.2, 0) is 9.59 Å². The Morgan fingerprint density at radius 2 is 1.86 bits per heavy atom. The van der Waals surface area contributed by atoms with Gasteiger partial charge < -0.3 is 16.2 Å². The highest BCUT2D eigenvalue weighted by molar-refractivity contribution is 5.93. The Morgan fingerprint density at radius 3 is 2.38 bits per heavy atom. The number of nitrogen functional groups attached to an aromatic ring is 1. The molecule has 0 saturated carbocycles. The SMILES string of the molecule is CC(C)(NC(=O)/C=C/c1cccc(N)c1)C(C)(C)C(=O)O. The van der Waals surface area contributed by atoms with Crippen LogP contribution < -0.4 is 11.1 Å². The Labute approximate surface area is 124 Å². The molecule has 1 aromatic carbocycles. The number of carboxylic acids is 1. The number of nitrogens with two attached hydrogens (primary N) is 1. The lowest BCUT2D eigenvalue weighted by atomic mass is 9.74. The Kier molecular flexibility index (Phi) is 4.78. The van der Waals surface area contributed by atoms with Gasteiger partial charge in [0.15, 0.2) is 0 Å². The van der Waals surface area contributed by atoms with E-state index in [2.05, 4.69) is 5.32 Å². The van der Waals surface area contributed by atoms with Crippen molar-refractivity contribution < 1.29 is 14.7 Å².